The number of nitrogens with one attached hydrogen (secondary N) is 1. The predicted molar refractivity (Wildman–Crippen MR) is 90.5 cm³/mol. The largest absolute Gasteiger partial charge is 0.493 e. The predicted octanol–water partition coefficient (Wildman–Crippen LogP) is 2.94. The lowest BCUT2D eigenvalue weighted by Gasteiger charge is -2.19. The Balaban J connectivity index is 2.69. The number of anilines is 1. The topological polar surface area (TPSA) is 92.7 Å². The average Bonchev–Trinajstić information content (AvgIpc) is 2.38. The van der Waals surface area contributed by atoms with Gasteiger partial charge >= 0.3 is 5.97 Å². The van der Waals surface area contributed by atoms with E-state index in [9.17, 15) is 13.2 Å². The van der Waals surface area contributed by atoms with E-state index in [1.807, 2.05) is 6.92 Å². The Morgan fingerprint density at radius 1 is 1.26 bits per heavy atom. The fraction of sp³-hybridized carbons (Fsp3) is 0.562. The van der Waals surface area contributed by atoms with Crippen LogP contribution in [-0.2, 0) is 14.8 Å². The first-order valence-electron chi connectivity index (χ1n) is 7.37. The van der Waals surface area contributed by atoms with Gasteiger partial charge in [0.05, 0.1) is 24.0 Å². The van der Waals surface area contributed by atoms with E-state index in [2.05, 4.69) is 4.72 Å². The third-order valence-corrected chi connectivity index (χ3v) is 4.19. The van der Waals surface area contributed by atoms with Gasteiger partial charge in [0.2, 0.25) is 10.0 Å². The molecule has 0 aliphatic carbocycles. The van der Waals surface area contributed by atoms with Gasteiger partial charge in [-0.25, -0.2) is 8.42 Å². The number of hydrogen-bond donors (Lipinski definition) is 2. The van der Waals surface area contributed by atoms with Crippen molar-refractivity contribution in [2.45, 2.75) is 40.5 Å². The van der Waals surface area contributed by atoms with Crippen LogP contribution in [0.3, 0.4) is 0 Å². The molecule has 23 heavy (non-hydrogen) atoms. The van der Waals surface area contributed by atoms with Crippen molar-refractivity contribution >= 4 is 21.7 Å². The van der Waals surface area contributed by atoms with Gasteiger partial charge in [-0.2, -0.15) is 0 Å². The second kappa shape index (κ2) is 7.21. The maximum Gasteiger partial charge on any atom is 0.309 e. The van der Waals surface area contributed by atoms with Gasteiger partial charge in [-0.15, -0.1) is 0 Å². The molecule has 6 nitrogen and oxygen atoms in total. The SMILES string of the molecule is Cc1cc(OCCCC(C)(C)C(=O)O)c(C)cc1NS(C)(=O)=O. The van der Waals surface area contributed by atoms with E-state index in [-0.39, 0.29) is 0 Å². The summed E-state index contributed by atoms with van der Waals surface area (Å²) in [5.41, 5.74) is 1.35. The minimum Gasteiger partial charge on any atom is -0.493 e. The minimum absolute atomic E-state index is 0.413. The van der Waals surface area contributed by atoms with Gasteiger partial charge in [0, 0.05) is 0 Å². The summed E-state index contributed by atoms with van der Waals surface area (Å²) in [6.07, 6.45) is 2.26. The summed E-state index contributed by atoms with van der Waals surface area (Å²) >= 11 is 0. The van der Waals surface area contributed by atoms with E-state index in [1.165, 1.54) is 0 Å². The van der Waals surface area contributed by atoms with E-state index in [1.54, 1.807) is 32.9 Å². The Labute approximate surface area is 137 Å². The highest BCUT2D eigenvalue weighted by Crippen LogP contribution is 2.28. The number of sulfonamides is 1. The minimum atomic E-state index is -3.32. The van der Waals surface area contributed by atoms with Crippen LogP contribution in [0, 0.1) is 19.3 Å². The smallest absolute Gasteiger partial charge is 0.309 e. The molecular weight excluding hydrogens is 318 g/mol. The molecule has 0 bridgehead atoms. The van der Waals surface area contributed by atoms with Crippen LogP contribution in [-0.4, -0.2) is 32.4 Å². The highest BCUT2D eigenvalue weighted by atomic mass is 32.2. The molecule has 130 valence electrons. The summed E-state index contributed by atoms with van der Waals surface area (Å²) < 4.78 is 30.8. The molecule has 1 aromatic carbocycles. The summed E-state index contributed by atoms with van der Waals surface area (Å²) in [4.78, 5) is 11.0. The summed E-state index contributed by atoms with van der Waals surface area (Å²) in [5.74, 6) is -0.143. The molecule has 1 aromatic rings. The molecule has 0 saturated carbocycles. The van der Waals surface area contributed by atoms with Gasteiger partial charge < -0.3 is 9.84 Å². The number of carbonyl (C=O) groups is 1. The van der Waals surface area contributed by atoms with Crippen LogP contribution in [0.25, 0.3) is 0 Å². The zero-order chi connectivity index (χ0) is 17.8. The zero-order valence-corrected chi connectivity index (χ0v) is 15.1. The molecule has 0 amide bonds. The molecule has 0 aliphatic rings. The molecular formula is C16H25NO5S. The fourth-order valence-corrected chi connectivity index (χ4v) is 2.68. The molecule has 1 rings (SSSR count). The van der Waals surface area contributed by atoms with E-state index in [4.69, 9.17) is 9.84 Å². The molecule has 2 N–H and O–H groups in total. The first-order chi connectivity index (χ1) is 10.4. The normalized spacial score (nSPS) is 12.0. The van der Waals surface area contributed by atoms with Crippen LogP contribution in [0.5, 0.6) is 5.75 Å². The molecule has 7 heteroatoms. The highest BCUT2D eigenvalue weighted by Gasteiger charge is 2.26. The van der Waals surface area contributed by atoms with Crippen molar-refractivity contribution in [3.05, 3.63) is 23.3 Å². The molecule has 0 saturated heterocycles. The van der Waals surface area contributed by atoms with E-state index in [0.717, 1.165) is 17.4 Å². The van der Waals surface area contributed by atoms with Crippen LogP contribution >= 0.6 is 0 Å². The van der Waals surface area contributed by atoms with Crippen molar-refractivity contribution in [2.24, 2.45) is 5.41 Å². The second-order valence-electron chi connectivity index (χ2n) is 6.45. The number of benzene rings is 1. The van der Waals surface area contributed by atoms with Gasteiger partial charge in [-0.3, -0.25) is 9.52 Å². The molecule has 0 atom stereocenters. The molecule has 0 unspecified atom stereocenters. The van der Waals surface area contributed by atoms with Crippen molar-refractivity contribution in [3.8, 4) is 5.75 Å². The monoisotopic (exact) mass is 343 g/mol. The standard InChI is InChI=1S/C16H25NO5S/c1-11-10-14(12(2)9-13(11)17-23(5,20)21)22-8-6-7-16(3,4)15(18)19/h9-10,17H,6-8H2,1-5H3,(H,18,19). The Hall–Kier alpha value is -1.76. The number of aliphatic carboxylic acids is 1. The van der Waals surface area contributed by atoms with Crippen molar-refractivity contribution < 1.29 is 23.1 Å². The second-order valence-corrected chi connectivity index (χ2v) is 8.20. The third kappa shape index (κ3) is 6.09. The van der Waals surface area contributed by atoms with Crippen molar-refractivity contribution in [1.29, 1.82) is 0 Å². The highest BCUT2D eigenvalue weighted by molar-refractivity contribution is 7.92. The van der Waals surface area contributed by atoms with Crippen LogP contribution in [0.1, 0.15) is 37.8 Å². The van der Waals surface area contributed by atoms with Crippen molar-refractivity contribution in [2.75, 3.05) is 17.6 Å². The molecule has 0 fully saturated rings. The van der Waals surface area contributed by atoms with Crippen LogP contribution < -0.4 is 9.46 Å². The van der Waals surface area contributed by atoms with Gasteiger partial charge in [0.25, 0.3) is 0 Å². The quantitative estimate of drug-likeness (QED) is 0.708. The van der Waals surface area contributed by atoms with Crippen LogP contribution in [0.2, 0.25) is 0 Å². The molecule has 0 radical (unpaired) electrons. The lowest BCUT2D eigenvalue weighted by Crippen LogP contribution is -2.24. The number of ether oxygens (including phenoxy) is 1. The number of rotatable bonds is 8. The molecule has 0 aromatic heterocycles. The van der Waals surface area contributed by atoms with Gasteiger partial charge in [0.1, 0.15) is 5.75 Å². The lowest BCUT2D eigenvalue weighted by molar-refractivity contribution is -0.147. The molecule has 0 heterocycles. The van der Waals surface area contributed by atoms with E-state index >= 15 is 0 Å². The summed E-state index contributed by atoms with van der Waals surface area (Å²) in [5, 5.41) is 9.06. The van der Waals surface area contributed by atoms with E-state index < -0.39 is 21.4 Å². The van der Waals surface area contributed by atoms with Crippen molar-refractivity contribution in [1.82, 2.24) is 0 Å². The number of aryl methyl sites for hydroxylation is 2. The molecule has 0 aliphatic heterocycles. The first kappa shape index (κ1) is 19.3. The first-order valence-corrected chi connectivity index (χ1v) is 9.27. The summed E-state index contributed by atoms with van der Waals surface area (Å²) in [6.45, 7) is 7.43. The van der Waals surface area contributed by atoms with Gasteiger partial charge in [-0.05, 0) is 63.8 Å². The van der Waals surface area contributed by atoms with Crippen molar-refractivity contribution in [3.63, 3.8) is 0 Å². The zero-order valence-electron chi connectivity index (χ0n) is 14.3. The average molecular weight is 343 g/mol. The van der Waals surface area contributed by atoms with Crippen LogP contribution in [0.4, 0.5) is 5.69 Å². The Morgan fingerprint density at radius 3 is 2.39 bits per heavy atom. The summed E-state index contributed by atoms with van der Waals surface area (Å²) in [6, 6.07) is 3.51. The molecule has 0 spiro atoms. The van der Waals surface area contributed by atoms with Crippen LogP contribution in [0.15, 0.2) is 12.1 Å². The lowest BCUT2D eigenvalue weighted by atomic mass is 9.88. The number of carboxylic acids is 1. The number of carboxylic acid groups (broad SMARTS) is 1. The van der Waals surface area contributed by atoms with Gasteiger partial charge in [0.15, 0.2) is 0 Å². The number of hydrogen-bond acceptors (Lipinski definition) is 4. The maximum absolute atomic E-state index is 11.3. The Bertz CT molecular complexity index is 680. The van der Waals surface area contributed by atoms with Gasteiger partial charge in [-0.1, -0.05) is 0 Å². The maximum atomic E-state index is 11.3. The fourth-order valence-electron chi connectivity index (χ4n) is 2.06. The Morgan fingerprint density at radius 2 is 1.87 bits per heavy atom. The third-order valence-electron chi connectivity index (χ3n) is 3.60. The summed E-state index contributed by atoms with van der Waals surface area (Å²) in [7, 11) is -3.32. The Kier molecular flexibility index (Phi) is 6.04. The van der Waals surface area contributed by atoms with E-state index in [0.29, 0.717) is 30.9 Å².